The first kappa shape index (κ1) is 13.4. The van der Waals surface area contributed by atoms with Gasteiger partial charge in [-0.1, -0.05) is 19.1 Å². The number of methoxy groups -OCH3 is 1. The highest BCUT2D eigenvalue weighted by Crippen LogP contribution is 2.37. The molecule has 100 valence electrons. The summed E-state index contributed by atoms with van der Waals surface area (Å²) in [6.07, 6.45) is 3.74. The van der Waals surface area contributed by atoms with Crippen LogP contribution < -0.4 is 10.1 Å². The summed E-state index contributed by atoms with van der Waals surface area (Å²) in [5.74, 6) is 0.837. The second kappa shape index (κ2) is 5.72. The van der Waals surface area contributed by atoms with E-state index >= 15 is 0 Å². The highest BCUT2D eigenvalue weighted by molar-refractivity contribution is 5.31. The molecular formula is C15H23NO2. The maximum atomic E-state index is 10.7. The van der Waals surface area contributed by atoms with Crippen molar-refractivity contribution in [3.05, 3.63) is 29.8 Å². The maximum Gasteiger partial charge on any atom is 0.118 e. The van der Waals surface area contributed by atoms with Crippen LogP contribution in [0.2, 0.25) is 0 Å². The number of nitrogens with one attached hydrogen (secondary N) is 1. The Kier molecular flexibility index (Phi) is 4.25. The Morgan fingerprint density at radius 3 is 2.39 bits per heavy atom. The zero-order valence-electron chi connectivity index (χ0n) is 11.3. The van der Waals surface area contributed by atoms with Crippen molar-refractivity contribution in [1.82, 2.24) is 5.32 Å². The van der Waals surface area contributed by atoms with Gasteiger partial charge in [0.25, 0.3) is 0 Å². The van der Waals surface area contributed by atoms with Gasteiger partial charge in [0.05, 0.1) is 12.7 Å². The highest BCUT2D eigenvalue weighted by Gasteiger charge is 2.34. The summed E-state index contributed by atoms with van der Waals surface area (Å²) in [4.78, 5) is 0. The molecule has 1 fully saturated rings. The molecule has 0 radical (unpaired) electrons. The fourth-order valence-electron chi connectivity index (χ4n) is 2.78. The minimum absolute atomic E-state index is 0.563. The average Bonchev–Trinajstić information content (AvgIpc) is 2.42. The van der Waals surface area contributed by atoms with Crippen molar-refractivity contribution in [3.63, 3.8) is 0 Å². The van der Waals surface area contributed by atoms with E-state index < -0.39 is 5.60 Å². The fourth-order valence-corrected chi connectivity index (χ4v) is 2.78. The number of aliphatic hydroxyl groups is 1. The van der Waals surface area contributed by atoms with Gasteiger partial charge >= 0.3 is 0 Å². The zero-order chi connectivity index (χ0) is 13.0. The molecule has 0 bridgehead atoms. The maximum absolute atomic E-state index is 10.7. The fraction of sp³-hybridized carbons (Fsp3) is 0.600. The Bertz CT molecular complexity index is 367. The van der Waals surface area contributed by atoms with Crippen LogP contribution in [-0.2, 0) is 5.60 Å². The third kappa shape index (κ3) is 2.85. The van der Waals surface area contributed by atoms with E-state index in [1.807, 2.05) is 24.3 Å². The van der Waals surface area contributed by atoms with Crippen molar-refractivity contribution in [2.45, 2.75) is 44.2 Å². The monoisotopic (exact) mass is 249 g/mol. The number of hydrogen-bond acceptors (Lipinski definition) is 3. The lowest BCUT2D eigenvalue weighted by Gasteiger charge is -2.36. The van der Waals surface area contributed by atoms with Gasteiger partial charge < -0.3 is 15.2 Å². The van der Waals surface area contributed by atoms with Crippen LogP contribution in [0.3, 0.4) is 0 Å². The topological polar surface area (TPSA) is 41.5 Å². The number of rotatable bonds is 4. The molecule has 3 nitrogen and oxygen atoms in total. The Labute approximate surface area is 109 Å². The molecule has 1 aliphatic carbocycles. The van der Waals surface area contributed by atoms with Crippen molar-refractivity contribution >= 4 is 0 Å². The molecule has 2 N–H and O–H groups in total. The molecule has 0 saturated heterocycles. The minimum atomic E-state index is -0.655. The summed E-state index contributed by atoms with van der Waals surface area (Å²) in [5, 5.41) is 14.2. The van der Waals surface area contributed by atoms with Crippen molar-refractivity contribution in [2.75, 3.05) is 13.7 Å². The van der Waals surface area contributed by atoms with Gasteiger partial charge in [-0.2, -0.15) is 0 Å². The lowest BCUT2D eigenvalue weighted by atomic mass is 9.78. The second-order valence-corrected chi connectivity index (χ2v) is 5.09. The standard InChI is InChI=1S/C15H23NO2/c1-3-16-13-8-10-15(17,11-9-13)12-4-6-14(18-2)7-5-12/h4-7,13,16-17H,3,8-11H2,1-2H3. The average molecular weight is 249 g/mol. The van der Waals surface area contributed by atoms with Crippen molar-refractivity contribution in [3.8, 4) is 5.75 Å². The lowest BCUT2D eigenvalue weighted by molar-refractivity contribution is -0.00817. The number of ether oxygens (including phenoxy) is 1. The van der Waals surface area contributed by atoms with Gasteiger partial charge in [0.1, 0.15) is 5.75 Å². The molecule has 0 aromatic heterocycles. The largest absolute Gasteiger partial charge is 0.497 e. The van der Waals surface area contributed by atoms with Crippen molar-refractivity contribution < 1.29 is 9.84 Å². The quantitative estimate of drug-likeness (QED) is 0.861. The van der Waals surface area contributed by atoms with Crippen LogP contribution >= 0.6 is 0 Å². The molecule has 18 heavy (non-hydrogen) atoms. The van der Waals surface area contributed by atoms with Crippen molar-refractivity contribution in [2.24, 2.45) is 0 Å². The Balaban J connectivity index is 2.03. The third-order valence-electron chi connectivity index (χ3n) is 3.93. The molecular weight excluding hydrogens is 226 g/mol. The van der Waals surface area contributed by atoms with Gasteiger partial charge in [-0.3, -0.25) is 0 Å². The molecule has 1 aromatic carbocycles. The Morgan fingerprint density at radius 1 is 1.28 bits per heavy atom. The summed E-state index contributed by atoms with van der Waals surface area (Å²) in [7, 11) is 1.66. The highest BCUT2D eigenvalue weighted by atomic mass is 16.5. The van der Waals surface area contributed by atoms with Gasteiger partial charge in [0.15, 0.2) is 0 Å². The molecule has 1 aliphatic rings. The van der Waals surface area contributed by atoms with E-state index in [1.54, 1.807) is 7.11 Å². The first-order valence-electron chi connectivity index (χ1n) is 6.78. The molecule has 1 aromatic rings. The van der Waals surface area contributed by atoms with Crippen LogP contribution in [-0.4, -0.2) is 24.8 Å². The number of benzene rings is 1. The van der Waals surface area contributed by atoms with Gasteiger partial charge in [-0.25, -0.2) is 0 Å². The molecule has 0 atom stereocenters. The molecule has 0 aliphatic heterocycles. The van der Waals surface area contributed by atoms with E-state index in [1.165, 1.54) is 0 Å². The minimum Gasteiger partial charge on any atom is -0.497 e. The Hall–Kier alpha value is -1.06. The van der Waals surface area contributed by atoms with Crippen LogP contribution in [0.1, 0.15) is 38.2 Å². The van der Waals surface area contributed by atoms with Crippen molar-refractivity contribution in [1.29, 1.82) is 0 Å². The third-order valence-corrected chi connectivity index (χ3v) is 3.93. The van der Waals surface area contributed by atoms with Gasteiger partial charge in [-0.05, 0) is 49.9 Å². The molecule has 0 spiro atoms. The summed E-state index contributed by atoms with van der Waals surface area (Å²) in [6, 6.07) is 8.36. The van der Waals surface area contributed by atoms with E-state index in [4.69, 9.17) is 4.74 Å². The summed E-state index contributed by atoms with van der Waals surface area (Å²) < 4.78 is 5.15. The molecule has 2 rings (SSSR count). The molecule has 1 saturated carbocycles. The van der Waals surface area contributed by atoms with E-state index in [-0.39, 0.29) is 0 Å². The normalized spacial score (nSPS) is 28.1. The molecule has 0 amide bonds. The molecule has 0 unspecified atom stereocenters. The summed E-state index contributed by atoms with van der Waals surface area (Å²) in [6.45, 7) is 3.13. The first-order valence-corrected chi connectivity index (χ1v) is 6.78. The van der Waals surface area contributed by atoms with Gasteiger partial charge in [0.2, 0.25) is 0 Å². The van der Waals surface area contributed by atoms with E-state index in [2.05, 4.69) is 12.2 Å². The zero-order valence-corrected chi connectivity index (χ0v) is 11.3. The SMILES string of the molecule is CCNC1CCC(O)(c2ccc(OC)cc2)CC1. The second-order valence-electron chi connectivity index (χ2n) is 5.09. The van der Waals surface area contributed by atoms with Crippen LogP contribution in [0.4, 0.5) is 0 Å². The number of hydrogen-bond donors (Lipinski definition) is 2. The van der Waals surface area contributed by atoms with Gasteiger partial charge in [-0.15, -0.1) is 0 Å². The van der Waals surface area contributed by atoms with Crippen LogP contribution in [0, 0.1) is 0 Å². The Morgan fingerprint density at radius 2 is 1.89 bits per heavy atom. The molecule has 0 heterocycles. The predicted octanol–water partition coefficient (Wildman–Crippen LogP) is 2.43. The first-order chi connectivity index (χ1) is 8.68. The summed E-state index contributed by atoms with van der Waals surface area (Å²) in [5.41, 5.74) is 0.358. The van der Waals surface area contributed by atoms with E-state index in [0.717, 1.165) is 43.5 Å². The van der Waals surface area contributed by atoms with Crippen LogP contribution in [0.5, 0.6) is 5.75 Å². The van der Waals surface area contributed by atoms with E-state index in [0.29, 0.717) is 6.04 Å². The smallest absolute Gasteiger partial charge is 0.118 e. The van der Waals surface area contributed by atoms with E-state index in [9.17, 15) is 5.11 Å². The van der Waals surface area contributed by atoms with Crippen LogP contribution in [0.15, 0.2) is 24.3 Å². The lowest BCUT2D eigenvalue weighted by Crippen LogP contribution is -2.39. The van der Waals surface area contributed by atoms with Crippen LogP contribution in [0.25, 0.3) is 0 Å². The summed E-state index contributed by atoms with van der Waals surface area (Å²) >= 11 is 0. The predicted molar refractivity (Wildman–Crippen MR) is 72.8 cm³/mol. The van der Waals surface area contributed by atoms with Gasteiger partial charge in [0, 0.05) is 6.04 Å². The molecule has 3 heteroatoms.